The van der Waals surface area contributed by atoms with E-state index in [0.717, 1.165) is 5.56 Å². The molecule has 0 saturated carbocycles. The number of hydrogen-bond acceptors (Lipinski definition) is 11. The van der Waals surface area contributed by atoms with Gasteiger partial charge in [0.25, 0.3) is 0 Å². The highest BCUT2D eigenvalue weighted by molar-refractivity contribution is 5.53. The predicted molar refractivity (Wildman–Crippen MR) is 122 cm³/mol. The van der Waals surface area contributed by atoms with Crippen LogP contribution in [-0.4, -0.2) is 57.9 Å². The maximum absolute atomic E-state index is 10.1. The lowest BCUT2D eigenvalue weighted by Crippen LogP contribution is -2.18. The second-order valence-electron chi connectivity index (χ2n) is 8.00. The lowest BCUT2D eigenvalue weighted by Gasteiger charge is -2.18. The number of fused-ring (bicyclic) bond motifs is 2. The predicted octanol–water partition coefficient (Wildman–Crippen LogP) is 1.56. The van der Waals surface area contributed by atoms with Crippen molar-refractivity contribution in [3.63, 3.8) is 0 Å². The third-order valence-corrected chi connectivity index (χ3v) is 4.64. The summed E-state index contributed by atoms with van der Waals surface area (Å²) in [6.45, 7) is 12.3. The minimum Gasteiger partial charge on any atom is -0.477 e. The molecule has 33 heavy (non-hydrogen) atoms. The lowest BCUT2D eigenvalue weighted by atomic mass is 10.0. The van der Waals surface area contributed by atoms with Crippen LogP contribution in [0.5, 0.6) is 11.8 Å². The van der Waals surface area contributed by atoms with E-state index < -0.39 is 5.60 Å². The number of aliphatic hydroxyl groups is 1. The molecule has 0 radical (unpaired) electrons. The van der Waals surface area contributed by atoms with Gasteiger partial charge in [0.1, 0.15) is 0 Å². The van der Waals surface area contributed by atoms with Crippen molar-refractivity contribution in [2.45, 2.75) is 53.1 Å². The van der Waals surface area contributed by atoms with E-state index in [1.54, 1.807) is 19.9 Å². The number of nitrogens with zero attached hydrogens (tertiary/aromatic N) is 8. The minimum atomic E-state index is -1.07. The van der Waals surface area contributed by atoms with Gasteiger partial charge in [0, 0.05) is 23.3 Å². The topological polar surface area (TPSA) is 177 Å². The SMILES string of the molecule is CCOc1cc(C(C)(C)O)c2nnc(N)n2n1.CCOc1cc(C(C)C)c2nnc(N)n2n1. The highest BCUT2D eigenvalue weighted by atomic mass is 16.5. The molecule has 178 valence electrons. The van der Waals surface area contributed by atoms with Crippen LogP contribution in [-0.2, 0) is 5.60 Å². The summed E-state index contributed by atoms with van der Waals surface area (Å²) in [5, 5.41) is 33.9. The van der Waals surface area contributed by atoms with Gasteiger partial charge < -0.3 is 26.0 Å². The maximum atomic E-state index is 10.1. The van der Waals surface area contributed by atoms with E-state index >= 15 is 0 Å². The van der Waals surface area contributed by atoms with E-state index in [9.17, 15) is 5.11 Å². The molecule has 13 nitrogen and oxygen atoms in total. The number of ether oxygens (including phenoxy) is 2. The van der Waals surface area contributed by atoms with Crippen molar-refractivity contribution in [2.24, 2.45) is 0 Å². The summed E-state index contributed by atoms with van der Waals surface area (Å²) >= 11 is 0. The largest absolute Gasteiger partial charge is 0.477 e. The van der Waals surface area contributed by atoms with E-state index in [0.29, 0.717) is 47.7 Å². The number of nitrogens with two attached hydrogens (primary N) is 2. The van der Waals surface area contributed by atoms with Crippen molar-refractivity contribution >= 4 is 23.2 Å². The van der Waals surface area contributed by atoms with Gasteiger partial charge in [0.2, 0.25) is 23.7 Å². The summed E-state index contributed by atoms with van der Waals surface area (Å²) < 4.78 is 13.6. The molecule has 0 aliphatic rings. The quantitative estimate of drug-likeness (QED) is 0.382. The summed E-state index contributed by atoms with van der Waals surface area (Å²) in [6.07, 6.45) is 0. The first kappa shape index (κ1) is 23.9. The van der Waals surface area contributed by atoms with Crippen LogP contribution < -0.4 is 20.9 Å². The van der Waals surface area contributed by atoms with Gasteiger partial charge in [-0.25, -0.2) is 0 Å². The average Bonchev–Trinajstić information content (AvgIpc) is 3.30. The molecule has 0 spiro atoms. The van der Waals surface area contributed by atoms with E-state index in [-0.39, 0.29) is 11.9 Å². The van der Waals surface area contributed by atoms with Gasteiger partial charge in [-0.1, -0.05) is 13.8 Å². The molecule has 0 unspecified atom stereocenters. The molecule has 13 heteroatoms. The van der Waals surface area contributed by atoms with Crippen LogP contribution in [0.25, 0.3) is 11.3 Å². The zero-order valence-corrected chi connectivity index (χ0v) is 19.6. The average molecular weight is 459 g/mol. The number of anilines is 2. The molecule has 0 bridgehead atoms. The van der Waals surface area contributed by atoms with E-state index in [1.807, 2.05) is 19.9 Å². The molecule has 0 saturated heterocycles. The van der Waals surface area contributed by atoms with Gasteiger partial charge in [0.15, 0.2) is 11.3 Å². The molecule has 0 aliphatic heterocycles. The first-order chi connectivity index (χ1) is 15.6. The Kier molecular flexibility index (Phi) is 6.81. The summed E-state index contributed by atoms with van der Waals surface area (Å²) in [5.74, 6) is 1.67. The van der Waals surface area contributed by atoms with Crippen molar-refractivity contribution < 1.29 is 14.6 Å². The zero-order valence-electron chi connectivity index (χ0n) is 19.6. The van der Waals surface area contributed by atoms with Gasteiger partial charge in [-0.2, -0.15) is 9.03 Å². The fourth-order valence-corrected chi connectivity index (χ4v) is 3.08. The number of nitrogen functional groups attached to an aromatic ring is 2. The molecule has 5 N–H and O–H groups in total. The molecular weight excluding hydrogens is 428 g/mol. The monoisotopic (exact) mass is 458 g/mol. The summed E-state index contributed by atoms with van der Waals surface area (Å²) in [6, 6.07) is 3.53. The normalized spacial score (nSPS) is 11.6. The van der Waals surface area contributed by atoms with E-state index in [4.69, 9.17) is 20.9 Å². The van der Waals surface area contributed by atoms with Crippen LogP contribution >= 0.6 is 0 Å². The molecule has 4 heterocycles. The summed E-state index contributed by atoms with van der Waals surface area (Å²) in [4.78, 5) is 0. The summed E-state index contributed by atoms with van der Waals surface area (Å²) in [7, 11) is 0. The molecule has 4 aromatic rings. The van der Waals surface area contributed by atoms with Crippen molar-refractivity contribution in [3.8, 4) is 11.8 Å². The van der Waals surface area contributed by atoms with Gasteiger partial charge in [0.05, 0.1) is 18.8 Å². The first-order valence-electron chi connectivity index (χ1n) is 10.6. The molecule has 0 fully saturated rings. The number of aromatic nitrogens is 8. The van der Waals surface area contributed by atoms with E-state index in [2.05, 4.69) is 44.4 Å². The van der Waals surface area contributed by atoms with Gasteiger partial charge >= 0.3 is 0 Å². The molecular formula is C20H30N10O3. The third kappa shape index (κ3) is 5.03. The van der Waals surface area contributed by atoms with Crippen molar-refractivity contribution in [1.29, 1.82) is 0 Å². The van der Waals surface area contributed by atoms with Crippen molar-refractivity contribution in [1.82, 2.24) is 39.6 Å². The second-order valence-corrected chi connectivity index (χ2v) is 8.00. The van der Waals surface area contributed by atoms with Crippen LogP contribution in [0.15, 0.2) is 12.1 Å². The molecule has 0 aliphatic carbocycles. The highest BCUT2D eigenvalue weighted by Crippen LogP contribution is 2.27. The molecule has 4 rings (SSSR count). The Morgan fingerprint density at radius 1 is 0.879 bits per heavy atom. The fourth-order valence-electron chi connectivity index (χ4n) is 3.08. The first-order valence-corrected chi connectivity index (χ1v) is 10.6. The number of rotatable bonds is 6. The Hall–Kier alpha value is -3.74. The van der Waals surface area contributed by atoms with Crippen LogP contribution in [0.4, 0.5) is 11.9 Å². The Morgan fingerprint density at radius 3 is 1.85 bits per heavy atom. The fraction of sp³-hybridized carbons (Fsp3) is 0.500. The Bertz CT molecular complexity index is 1240. The lowest BCUT2D eigenvalue weighted by molar-refractivity contribution is 0.0790. The van der Waals surface area contributed by atoms with E-state index in [1.165, 1.54) is 9.03 Å². The Morgan fingerprint density at radius 2 is 1.36 bits per heavy atom. The second kappa shape index (κ2) is 9.40. The minimum absolute atomic E-state index is 0.159. The standard InChI is InChI=1S/C10H15N5O2.C10H15N5O/c1-4-17-7-5-6(10(2,3)16)8-12-13-9(11)15(8)14-7;1-4-16-8-5-7(6(2)3)9-12-13-10(11)15(9)14-8/h5,16H,4H2,1-3H3,(H2,11,13);5-6H,4H2,1-3H3,(H2,11,13). The van der Waals surface area contributed by atoms with Crippen molar-refractivity contribution in [3.05, 3.63) is 23.3 Å². The molecule has 0 amide bonds. The Labute approximate surface area is 190 Å². The maximum Gasteiger partial charge on any atom is 0.243 e. The number of hydrogen-bond donors (Lipinski definition) is 3. The molecule has 4 aromatic heterocycles. The van der Waals surface area contributed by atoms with Crippen LogP contribution in [0, 0.1) is 0 Å². The molecule has 0 atom stereocenters. The Balaban J connectivity index is 0.000000186. The van der Waals surface area contributed by atoms with Crippen LogP contribution in [0.3, 0.4) is 0 Å². The van der Waals surface area contributed by atoms with Gasteiger partial charge in [-0.05, 0) is 33.6 Å². The van der Waals surface area contributed by atoms with Gasteiger partial charge in [-0.15, -0.1) is 30.6 Å². The van der Waals surface area contributed by atoms with Crippen molar-refractivity contribution in [2.75, 3.05) is 24.7 Å². The third-order valence-electron chi connectivity index (χ3n) is 4.64. The highest BCUT2D eigenvalue weighted by Gasteiger charge is 2.24. The van der Waals surface area contributed by atoms with Crippen LogP contribution in [0.1, 0.15) is 58.6 Å². The zero-order chi connectivity index (χ0) is 24.3. The van der Waals surface area contributed by atoms with Gasteiger partial charge in [-0.3, -0.25) is 0 Å². The smallest absolute Gasteiger partial charge is 0.243 e. The summed E-state index contributed by atoms with van der Waals surface area (Å²) in [5.41, 5.74) is 13.0. The molecule has 0 aromatic carbocycles. The van der Waals surface area contributed by atoms with Crippen LogP contribution in [0.2, 0.25) is 0 Å².